The summed E-state index contributed by atoms with van der Waals surface area (Å²) in [5.41, 5.74) is 0. The SMILES string of the molecule is O=C1NC(C(F)(F)F)NC2CCSC12. The van der Waals surface area contributed by atoms with Crippen molar-refractivity contribution >= 4 is 17.7 Å². The molecule has 2 aliphatic rings. The van der Waals surface area contributed by atoms with Crippen molar-refractivity contribution < 1.29 is 18.0 Å². The molecule has 0 bridgehead atoms. The molecule has 3 unspecified atom stereocenters. The van der Waals surface area contributed by atoms with Crippen molar-refractivity contribution in [2.24, 2.45) is 0 Å². The Labute approximate surface area is 82.8 Å². The van der Waals surface area contributed by atoms with Crippen LogP contribution in [0.1, 0.15) is 6.42 Å². The first-order chi connectivity index (χ1) is 6.48. The van der Waals surface area contributed by atoms with Crippen LogP contribution >= 0.6 is 11.8 Å². The van der Waals surface area contributed by atoms with E-state index in [0.717, 1.165) is 5.75 Å². The standard InChI is InChI=1S/C7H9F3N2OS/c8-7(9,10)6-11-3-1-2-14-4(3)5(13)12-6/h3-4,6,11H,1-2H2,(H,12,13). The number of thioether (sulfide) groups is 1. The Morgan fingerprint density at radius 1 is 1.43 bits per heavy atom. The van der Waals surface area contributed by atoms with Crippen LogP contribution in [0.3, 0.4) is 0 Å². The molecular formula is C7H9F3N2OS. The fourth-order valence-electron chi connectivity index (χ4n) is 1.68. The van der Waals surface area contributed by atoms with Gasteiger partial charge in [0.25, 0.3) is 0 Å². The lowest BCUT2D eigenvalue weighted by atomic mass is 10.1. The molecule has 0 aromatic rings. The predicted octanol–water partition coefficient (Wildman–Crippen LogP) is 0.468. The summed E-state index contributed by atoms with van der Waals surface area (Å²) in [4.78, 5) is 11.3. The summed E-state index contributed by atoms with van der Waals surface area (Å²) in [6.45, 7) is 0. The summed E-state index contributed by atoms with van der Waals surface area (Å²) >= 11 is 1.41. The van der Waals surface area contributed by atoms with Gasteiger partial charge in [-0.15, -0.1) is 11.8 Å². The zero-order chi connectivity index (χ0) is 10.3. The van der Waals surface area contributed by atoms with Gasteiger partial charge in [0.15, 0.2) is 6.17 Å². The van der Waals surface area contributed by atoms with Crippen LogP contribution in [0.15, 0.2) is 0 Å². The summed E-state index contributed by atoms with van der Waals surface area (Å²) in [6, 6.07) is -0.333. The summed E-state index contributed by atoms with van der Waals surface area (Å²) < 4.78 is 36.9. The molecule has 0 aromatic heterocycles. The Morgan fingerprint density at radius 2 is 2.14 bits per heavy atom. The largest absolute Gasteiger partial charge is 0.422 e. The zero-order valence-electron chi connectivity index (χ0n) is 7.10. The lowest BCUT2D eigenvalue weighted by molar-refractivity contribution is -0.174. The number of amides is 1. The van der Waals surface area contributed by atoms with Crippen LogP contribution in [-0.2, 0) is 4.79 Å². The van der Waals surface area contributed by atoms with Gasteiger partial charge in [0.05, 0.1) is 5.25 Å². The highest BCUT2D eigenvalue weighted by Gasteiger charge is 2.49. The molecule has 2 fully saturated rings. The summed E-state index contributed by atoms with van der Waals surface area (Å²) in [5, 5.41) is 3.99. The van der Waals surface area contributed by atoms with E-state index >= 15 is 0 Å². The summed E-state index contributed by atoms with van der Waals surface area (Å²) in [5.74, 6) is 0.235. The zero-order valence-corrected chi connectivity index (χ0v) is 7.91. The van der Waals surface area contributed by atoms with Gasteiger partial charge < -0.3 is 5.32 Å². The van der Waals surface area contributed by atoms with Crippen LogP contribution in [0, 0.1) is 0 Å². The maximum absolute atomic E-state index is 12.3. The minimum absolute atomic E-state index is 0.333. The number of halogens is 3. The van der Waals surface area contributed by atoms with Crippen molar-refractivity contribution in [2.75, 3.05) is 5.75 Å². The Morgan fingerprint density at radius 3 is 2.79 bits per heavy atom. The molecule has 3 nitrogen and oxygen atoms in total. The third-order valence-corrected chi connectivity index (χ3v) is 3.72. The molecule has 0 saturated carbocycles. The fourth-order valence-corrected chi connectivity index (χ4v) is 2.99. The molecule has 1 amide bonds. The minimum Gasteiger partial charge on any atom is -0.332 e. The van der Waals surface area contributed by atoms with Gasteiger partial charge in [-0.1, -0.05) is 0 Å². The lowest BCUT2D eigenvalue weighted by Gasteiger charge is -2.34. The van der Waals surface area contributed by atoms with Crippen molar-refractivity contribution in [3.05, 3.63) is 0 Å². The molecular weight excluding hydrogens is 217 g/mol. The highest BCUT2D eigenvalue weighted by atomic mass is 32.2. The maximum atomic E-state index is 12.3. The molecule has 0 aromatic carbocycles. The van der Waals surface area contributed by atoms with Crippen LogP contribution in [0.4, 0.5) is 13.2 Å². The van der Waals surface area contributed by atoms with Gasteiger partial charge in [0.1, 0.15) is 0 Å². The van der Waals surface area contributed by atoms with E-state index in [0.29, 0.717) is 6.42 Å². The Kier molecular flexibility index (Phi) is 2.38. The lowest BCUT2D eigenvalue weighted by Crippen LogP contribution is -2.66. The molecule has 2 heterocycles. The Bertz CT molecular complexity index is 258. The summed E-state index contributed by atoms with van der Waals surface area (Å²) in [7, 11) is 0. The minimum atomic E-state index is -4.41. The molecule has 2 aliphatic heterocycles. The number of hydrogen-bond donors (Lipinski definition) is 2. The molecule has 0 aliphatic carbocycles. The normalized spacial score (nSPS) is 37.9. The highest BCUT2D eigenvalue weighted by Crippen LogP contribution is 2.32. The van der Waals surface area contributed by atoms with E-state index in [9.17, 15) is 18.0 Å². The fraction of sp³-hybridized carbons (Fsp3) is 0.857. The van der Waals surface area contributed by atoms with Crippen molar-refractivity contribution in [3.63, 3.8) is 0 Å². The van der Waals surface area contributed by atoms with Crippen LogP contribution in [0.5, 0.6) is 0 Å². The predicted molar refractivity (Wildman–Crippen MR) is 45.8 cm³/mol. The van der Waals surface area contributed by atoms with Gasteiger partial charge in [0, 0.05) is 6.04 Å². The van der Waals surface area contributed by atoms with E-state index in [1.165, 1.54) is 11.8 Å². The van der Waals surface area contributed by atoms with Crippen molar-refractivity contribution in [2.45, 2.75) is 30.1 Å². The van der Waals surface area contributed by atoms with E-state index < -0.39 is 18.2 Å². The van der Waals surface area contributed by atoms with Gasteiger partial charge in [-0.2, -0.15) is 13.2 Å². The first kappa shape index (κ1) is 10.1. The molecule has 0 radical (unpaired) electrons. The van der Waals surface area contributed by atoms with E-state index in [4.69, 9.17) is 0 Å². The number of carbonyl (C=O) groups is 1. The second-order valence-corrected chi connectivity index (χ2v) is 4.59. The average molecular weight is 226 g/mol. The van der Waals surface area contributed by atoms with E-state index in [1.807, 2.05) is 5.32 Å². The molecule has 2 saturated heterocycles. The van der Waals surface area contributed by atoms with Crippen molar-refractivity contribution in [1.29, 1.82) is 0 Å². The van der Waals surface area contributed by atoms with Crippen LogP contribution in [0.25, 0.3) is 0 Å². The molecule has 7 heteroatoms. The quantitative estimate of drug-likeness (QED) is 0.631. The second kappa shape index (κ2) is 3.30. The van der Waals surface area contributed by atoms with E-state index in [2.05, 4.69) is 5.32 Å². The second-order valence-electron chi connectivity index (χ2n) is 3.34. The number of hydrogen-bond acceptors (Lipinski definition) is 3. The van der Waals surface area contributed by atoms with Crippen molar-refractivity contribution in [1.82, 2.24) is 10.6 Å². The third-order valence-electron chi connectivity index (χ3n) is 2.34. The average Bonchev–Trinajstić information content (AvgIpc) is 2.50. The Hall–Kier alpha value is -0.430. The van der Waals surface area contributed by atoms with E-state index in [1.54, 1.807) is 0 Å². The topological polar surface area (TPSA) is 41.1 Å². The number of fused-ring (bicyclic) bond motifs is 1. The first-order valence-corrected chi connectivity index (χ1v) is 5.28. The number of alkyl halides is 3. The molecule has 80 valence electrons. The maximum Gasteiger partial charge on any atom is 0.422 e. The van der Waals surface area contributed by atoms with E-state index in [-0.39, 0.29) is 11.3 Å². The van der Waals surface area contributed by atoms with Gasteiger partial charge in [-0.3, -0.25) is 10.1 Å². The molecule has 2 rings (SSSR count). The highest BCUT2D eigenvalue weighted by molar-refractivity contribution is 8.00. The van der Waals surface area contributed by atoms with Gasteiger partial charge in [0.2, 0.25) is 5.91 Å². The Balaban J connectivity index is 2.10. The van der Waals surface area contributed by atoms with Gasteiger partial charge >= 0.3 is 6.18 Å². The molecule has 14 heavy (non-hydrogen) atoms. The van der Waals surface area contributed by atoms with Gasteiger partial charge in [-0.05, 0) is 12.2 Å². The number of carbonyl (C=O) groups excluding carboxylic acids is 1. The third kappa shape index (κ3) is 1.70. The molecule has 0 spiro atoms. The first-order valence-electron chi connectivity index (χ1n) is 4.23. The summed E-state index contributed by atoms with van der Waals surface area (Å²) in [6.07, 6.45) is -5.67. The molecule has 2 N–H and O–H groups in total. The number of rotatable bonds is 0. The monoisotopic (exact) mass is 226 g/mol. The smallest absolute Gasteiger partial charge is 0.332 e. The van der Waals surface area contributed by atoms with Crippen LogP contribution < -0.4 is 10.6 Å². The number of nitrogens with one attached hydrogen (secondary N) is 2. The van der Waals surface area contributed by atoms with Crippen LogP contribution in [-0.4, -0.2) is 35.3 Å². The van der Waals surface area contributed by atoms with Gasteiger partial charge in [-0.25, -0.2) is 0 Å². The van der Waals surface area contributed by atoms with Crippen molar-refractivity contribution in [3.8, 4) is 0 Å². The molecule has 3 atom stereocenters. The van der Waals surface area contributed by atoms with Crippen LogP contribution in [0.2, 0.25) is 0 Å².